The van der Waals surface area contributed by atoms with Gasteiger partial charge in [0.15, 0.2) is 0 Å². The highest BCUT2D eigenvalue weighted by Gasteiger charge is 2.08. The molecule has 0 fully saturated rings. The third-order valence-corrected chi connectivity index (χ3v) is 2.95. The lowest BCUT2D eigenvalue weighted by molar-refractivity contribution is 0.234. The van der Waals surface area contributed by atoms with Crippen LogP contribution in [0.1, 0.15) is 23.4 Å². The number of hydrogen-bond acceptors (Lipinski definition) is 3. The topological polar surface area (TPSA) is 79.2 Å². The zero-order valence-corrected chi connectivity index (χ0v) is 11.3. The number of aryl methyl sites for hydroxylation is 2. The highest BCUT2D eigenvalue weighted by Crippen LogP contribution is 2.13. The van der Waals surface area contributed by atoms with Crippen LogP contribution in [-0.4, -0.2) is 40.6 Å². The Labute approximate surface area is 107 Å². The molecule has 18 heavy (non-hydrogen) atoms. The van der Waals surface area contributed by atoms with Crippen LogP contribution in [0.4, 0.5) is 4.79 Å². The number of rotatable bonds is 6. The molecule has 6 heteroatoms. The summed E-state index contributed by atoms with van der Waals surface area (Å²) >= 11 is 0. The Morgan fingerprint density at radius 2 is 2.00 bits per heavy atom. The number of aliphatic hydroxyl groups excluding tert-OH is 1. The van der Waals surface area contributed by atoms with Gasteiger partial charge in [0.2, 0.25) is 0 Å². The Hall–Kier alpha value is -1.56. The number of urea groups is 1. The molecule has 1 aromatic heterocycles. The van der Waals surface area contributed by atoms with Crippen molar-refractivity contribution in [3.8, 4) is 0 Å². The summed E-state index contributed by atoms with van der Waals surface area (Å²) in [6.07, 6.45) is 1.78. The minimum atomic E-state index is -0.233. The summed E-state index contributed by atoms with van der Waals surface area (Å²) in [5.41, 5.74) is 3.49. The van der Waals surface area contributed by atoms with Crippen molar-refractivity contribution in [2.24, 2.45) is 7.05 Å². The molecule has 0 aromatic carbocycles. The molecule has 6 nitrogen and oxygen atoms in total. The molecule has 0 aliphatic rings. The molecular formula is C12H22N4O2. The number of aromatic nitrogens is 2. The second kappa shape index (κ2) is 7.00. The first-order valence-corrected chi connectivity index (χ1v) is 6.18. The third-order valence-electron chi connectivity index (χ3n) is 2.95. The normalized spacial score (nSPS) is 10.4. The van der Waals surface area contributed by atoms with Gasteiger partial charge in [-0.05, 0) is 32.3 Å². The van der Waals surface area contributed by atoms with Gasteiger partial charge in [0.05, 0.1) is 12.3 Å². The fourth-order valence-corrected chi connectivity index (χ4v) is 1.88. The van der Waals surface area contributed by atoms with Crippen molar-refractivity contribution in [2.75, 3.05) is 19.7 Å². The van der Waals surface area contributed by atoms with Crippen LogP contribution >= 0.6 is 0 Å². The molecule has 102 valence electrons. The average Bonchev–Trinajstić information content (AvgIpc) is 2.57. The molecule has 1 aromatic rings. The van der Waals surface area contributed by atoms with E-state index in [1.165, 1.54) is 11.3 Å². The van der Waals surface area contributed by atoms with Crippen molar-refractivity contribution in [3.05, 3.63) is 17.0 Å². The minimum absolute atomic E-state index is 0.0402. The Morgan fingerprint density at radius 3 is 2.56 bits per heavy atom. The van der Waals surface area contributed by atoms with Crippen molar-refractivity contribution in [3.63, 3.8) is 0 Å². The predicted octanol–water partition coefficient (Wildman–Crippen LogP) is 0.261. The van der Waals surface area contributed by atoms with E-state index in [9.17, 15) is 4.79 Å². The first-order chi connectivity index (χ1) is 8.56. The summed E-state index contributed by atoms with van der Waals surface area (Å²) in [7, 11) is 1.94. The van der Waals surface area contributed by atoms with Crippen molar-refractivity contribution in [1.29, 1.82) is 0 Å². The first kappa shape index (κ1) is 14.5. The molecule has 1 rings (SSSR count). The number of amides is 2. The molecule has 0 unspecified atom stereocenters. The van der Waals surface area contributed by atoms with E-state index in [-0.39, 0.29) is 19.2 Å². The number of carbonyl (C=O) groups is 1. The van der Waals surface area contributed by atoms with Crippen LogP contribution in [0.3, 0.4) is 0 Å². The molecule has 0 bridgehead atoms. The number of hydrogen-bond donors (Lipinski definition) is 3. The summed E-state index contributed by atoms with van der Waals surface area (Å²) in [6, 6.07) is -0.233. The second-order valence-corrected chi connectivity index (χ2v) is 4.28. The standard InChI is InChI=1S/C12H22N4O2/c1-9-11(10(2)16(3)15-9)5-4-6-13-12(18)14-7-8-17/h17H,4-8H2,1-3H3,(H2,13,14,18). The van der Waals surface area contributed by atoms with Gasteiger partial charge in [0.1, 0.15) is 0 Å². The minimum Gasteiger partial charge on any atom is -0.395 e. The van der Waals surface area contributed by atoms with Crippen molar-refractivity contribution < 1.29 is 9.90 Å². The molecule has 0 aliphatic heterocycles. The fourth-order valence-electron chi connectivity index (χ4n) is 1.88. The number of nitrogens with one attached hydrogen (secondary N) is 2. The maximum Gasteiger partial charge on any atom is 0.314 e. The van der Waals surface area contributed by atoms with Gasteiger partial charge in [-0.15, -0.1) is 0 Å². The number of nitrogens with zero attached hydrogens (tertiary/aromatic N) is 2. The zero-order chi connectivity index (χ0) is 13.5. The molecule has 0 radical (unpaired) electrons. The van der Waals surface area contributed by atoms with Gasteiger partial charge in [-0.3, -0.25) is 4.68 Å². The molecular weight excluding hydrogens is 232 g/mol. The highest BCUT2D eigenvalue weighted by atomic mass is 16.3. The maximum absolute atomic E-state index is 11.2. The maximum atomic E-state index is 11.2. The van der Waals surface area contributed by atoms with Gasteiger partial charge < -0.3 is 15.7 Å². The highest BCUT2D eigenvalue weighted by molar-refractivity contribution is 5.73. The Bertz CT molecular complexity index is 401. The number of carbonyl (C=O) groups excluding carboxylic acids is 1. The van der Waals surface area contributed by atoms with E-state index in [4.69, 9.17) is 5.11 Å². The van der Waals surface area contributed by atoms with E-state index < -0.39 is 0 Å². The van der Waals surface area contributed by atoms with E-state index in [1.807, 2.05) is 18.7 Å². The van der Waals surface area contributed by atoms with Crippen LogP contribution < -0.4 is 10.6 Å². The van der Waals surface area contributed by atoms with Crippen LogP contribution in [0.25, 0.3) is 0 Å². The SMILES string of the molecule is Cc1nn(C)c(C)c1CCCNC(=O)NCCO. The number of aliphatic hydroxyl groups is 1. The van der Waals surface area contributed by atoms with Crippen molar-refractivity contribution >= 4 is 6.03 Å². The Morgan fingerprint density at radius 1 is 1.33 bits per heavy atom. The molecule has 0 atom stereocenters. The molecule has 0 saturated carbocycles. The van der Waals surface area contributed by atoms with E-state index in [0.29, 0.717) is 6.54 Å². The first-order valence-electron chi connectivity index (χ1n) is 6.18. The lowest BCUT2D eigenvalue weighted by atomic mass is 10.1. The average molecular weight is 254 g/mol. The van der Waals surface area contributed by atoms with Gasteiger partial charge in [-0.1, -0.05) is 0 Å². The van der Waals surface area contributed by atoms with E-state index in [1.54, 1.807) is 0 Å². The summed E-state index contributed by atoms with van der Waals surface area (Å²) in [4.78, 5) is 11.2. The molecule has 0 saturated heterocycles. The monoisotopic (exact) mass is 254 g/mol. The molecule has 0 spiro atoms. The van der Waals surface area contributed by atoms with Crippen LogP contribution in [0.5, 0.6) is 0 Å². The van der Waals surface area contributed by atoms with E-state index >= 15 is 0 Å². The molecule has 2 amide bonds. The lowest BCUT2D eigenvalue weighted by Crippen LogP contribution is -2.37. The van der Waals surface area contributed by atoms with Gasteiger partial charge in [0, 0.05) is 25.8 Å². The fraction of sp³-hybridized carbons (Fsp3) is 0.667. The Kier molecular flexibility index (Phi) is 5.64. The van der Waals surface area contributed by atoms with Crippen LogP contribution in [0, 0.1) is 13.8 Å². The predicted molar refractivity (Wildman–Crippen MR) is 69.5 cm³/mol. The Balaban J connectivity index is 2.27. The quantitative estimate of drug-likeness (QED) is 0.637. The van der Waals surface area contributed by atoms with Crippen molar-refractivity contribution in [2.45, 2.75) is 26.7 Å². The van der Waals surface area contributed by atoms with Crippen LogP contribution in [-0.2, 0) is 13.5 Å². The van der Waals surface area contributed by atoms with Crippen LogP contribution in [0.2, 0.25) is 0 Å². The van der Waals surface area contributed by atoms with Gasteiger partial charge in [-0.25, -0.2) is 4.79 Å². The summed E-state index contributed by atoms with van der Waals surface area (Å²) < 4.78 is 1.88. The van der Waals surface area contributed by atoms with Gasteiger partial charge in [0.25, 0.3) is 0 Å². The van der Waals surface area contributed by atoms with Crippen LogP contribution in [0.15, 0.2) is 0 Å². The second-order valence-electron chi connectivity index (χ2n) is 4.28. The summed E-state index contributed by atoms with van der Waals surface area (Å²) in [5.74, 6) is 0. The zero-order valence-electron chi connectivity index (χ0n) is 11.3. The van der Waals surface area contributed by atoms with Crippen molar-refractivity contribution in [1.82, 2.24) is 20.4 Å². The molecule has 0 aliphatic carbocycles. The summed E-state index contributed by atoms with van der Waals surface area (Å²) in [5, 5.41) is 18.2. The third kappa shape index (κ3) is 4.03. The molecule has 1 heterocycles. The van der Waals surface area contributed by atoms with E-state index in [2.05, 4.69) is 22.7 Å². The smallest absolute Gasteiger partial charge is 0.314 e. The molecule has 3 N–H and O–H groups in total. The van der Waals surface area contributed by atoms with Gasteiger partial charge >= 0.3 is 6.03 Å². The summed E-state index contributed by atoms with van der Waals surface area (Å²) in [6.45, 7) is 4.92. The van der Waals surface area contributed by atoms with Gasteiger partial charge in [-0.2, -0.15) is 5.10 Å². The largest absolute Gasteiger partial charge is 0.395 e. The lowest BCUT2D eigenvalue weighted by Gasteiger charge is -2.06. The van der Waals surface area contributed by atoms with E-state index in [0.717, 1.165) is 18.5 Å².